The van der Waals surface area contributed by atoms with Crippen LogP contribution in [-0.4, -0.2) is 5.91 Å². The second-order valence-electron chi connectivity index (χ2n) is 3.93. The summed E-state index contributed by atoms with van der Waals surface area (Å²) in [5.41, 5.74) is 0.995. The van der Waals surface area contributed by atoms with Gasteiger partial charge in [-0.2, -0.15) is 0 Å². The molecule has 0 bridgehead atoms. The summed E-state index contributed by atoms with van der Waals surface area (Å²) in [5, 5.41) is 2.69. The van der Waals surface area contributed by atoms with Crippen molar-refractivity contribution in [2.75, 3.05) is 0 Å². The summed E-state index contributed by atoms with van der Waals surface area (Å²) >= 11 is 6.49. The van der Waals surface area contributed by atoms with Crippen molar-refractivity contribution < 1.29 is 9.18 Å². The van der Waals surface area contributed by atoms with Gasteiger partial charge >= 0.3 is 0 Å². The number of rotatable bonds is 3. The van der Waals surface area contributed by atoms with Crippen molar-refractivity contribution in [2.45, 2.75) is 6.54 Å². The van der Waals surface area contributed by atoms with E-state index in [0.717, 1.165) is 4.47 Å². The Morgan fingerprint density at radius 1 is 1.05 bits per heavy atom. The van der Waals surface area contributed by atoms with Crippen LogP contribution in [-0.2, 0) is 6.54 Å². The number of hydrogen-bond donors (Lipinski definition) is 1. The molecule has 0 aliphatic carbocycles. The fraction of sp³-hybridized carbons (Fsp3) is 0.0714. The average Bonchev–Trinajstić information content (AvgIpc) is 2.38. The number of benzene rings is 2. The zero-order valence-electron chi connectivity index (χ0n) is 9.79. The monoisotopic (exact) mass is 385 g/mol. The van der Waals surface area contributed by atoms with Crippen LogP contribution in [0.5, 0.6) is 0 Å². The lowest BCUT2D eigenvalue weighted by atomic mass is 10.2. The van der Waals surface area contributed by atoms with Gasteiger partial charge in [0.1, 0.15) is 5.82 Å². The van der Waals surface area contributed by atoms with Crippen molar-refractivity contribution in [1.29, 1.82) is 0 Å². The maximum Gasteiger partial charge on any atom is 0.251 e. The minimum absolute atomic E-state index is 0.161. The summed E-state index contributed by atoms with van der Waals surface area (Å²) in [7, 11) is 0. The minimum atomic E-state index is -0.342. The summed E-state index contributed by atoms with van der Waals surface area (Å²) in [6, 6.07) is 11.7. The van der Waals surface area contributed by atoms with Crippen LogP contribution in [0.15, 0.2) is 51.4 Å². The Morgan fingerprint density at radius 3 is 2.32 bits per heavy atom. The van der Waals surface area contributed by atoms with Crippen LogP contribution in [0.3, 0.4) is 0 Å². The fourth-order valence-corrected chi connectivity index (χ4v) is 2.14. The number of carbonyl (C=O) groups is 1. The normalized spacial score (nSPS) is 10.3. The summed E-state index contributed by atoms with van der Waals surface area (Å²) in [6.45, 7) is 0.161. The molecule has 0 radical (unpaired) electrons. The fourth-order valence-electron chi connectivity index (χ4n) is 1.54. The molecule has 0 aliphatic rings. The molecule has 0 saturated heterocycles. The molecule has 5 heteroatoms. The van der Waals surface area contributed by atoms with Crippen molar-refractivity contribution in [3.63, 3.8) is 0 Å². The van der Waals surface area contributed by atoms with Gasteiger partial charge in [-0.1, -0.05) is 37.9 Å². The Labute approximate surface area is 127 Å². The van der Waals surface area contributed by atoms with Gasteiger partial charge in [-0.25, -0.2) is 4.39 Å². The Bertz CT molecular complexity index is 599. The topological polar surface area (TPSA) is 29.1 Å². The Hall–Kier alpha value is -1.20. The van der Waals surface area contributed by atoms with E-state index in [1.165, 1.54) is 6.07 Å². The lowest BCUT2D eigenvalue weighted by Gasteiger charge is -2.07. The molecular weight excluding hydrogens is 377 g/mol. The molecule has 0 aliphatic heterocycles. The highest BCUT2D eigenvalue weighted by atomic mass is 79.9. The van der Waals surface area contributed by atoms with Gasteiger partial charge in [0.15, 0.2) is 0 Å². The second-order valence-corrected chi connectivity index (χ2v) is 5.76. The minimum Gasteiger partial charge on any atom is -0.348 e. The van der Waals surface area contributed by atoms with Crippen LogP contribution in [0, 0.1) is 5.82 Å². The lowest BCUT2D eigenvalue weighted by Crippen LogP contribution is -2.23. The quantitative estimate of drug-likeness (QED) is 0.837. The molecule has 19 heavy (non-hydrogen) atoms. The van der Waals surface area contributed by atoms with E-state index in [0.29, 0.717) is 15.6 Å². The van der Waals surface area contributed by atoms with Crippen LogP contribution < -0.4 is 5.32 Å². The maximum absolute atomic E-state index is 13.6. The standard InChI is InChI=1S/C14H10Br2FNO/c15-11-4-1-9(2-5-11)14(19)18-8-10-3-6-12(16)7-13(10)17/h1-7H,8H2,(H,18,19). The van der Waals surface area contributed by atoms with Crippen LogP contribution in [0.1, 0.15) is 15.9 Å². The molecule has 0 saturated carbocycles. The summed E-state index contributed by atoms with van der Waals surface area (Å²) in [6.07, 6.45) is 0. The molecule has 0 unspecified atom stereocenters. The molecule has 0 spiro atoms. The first-order chi connectivity index (χ1) is 9.06. The van der Waals surface area contributed by atoms with Gasteiger partial charge in [-0.05, 0) is 36.4 Å². The molecule has 0 atom stereocenters. The van der Waals surface area contributed by atoms with Crippen molar-refractivity contribution in [3.05, 3.63) is 68.4 Å². The molecule has 2 aromatic rings. The van der Waals surface area contributed by atoms with E-state index >= 15 is 0 Å². The van der Waals surface area contributed by atoms with E-state index in [1.807, 2.05) is 0 Å². The van der Waals surface area contributed by atoms with Crippen molar-refractivity contribution >= 4 is 37.8 Å². The predicted octanol–water partition coefficient (Wildman–Crippen LogP) is 4.28. The third kappa shape index (κ3) is 3.88. The first-order valence-corrected chi connectivity index (χ1v) is 7.12. The molecule has 0 fully saturated rings. The van der Waals surface area contributed by atoms with Crippen molar-refractivity contribution in [3.8, 4) is 0 Å². The molecule has 2 aromatic carbocycles. The van der Waals surface area contributed by atoms with Gasteiger partial charge in [0.25, 0.3) is 5.91 Å². The van der Waals surface area contributed by atoms with E-state index in [9.17, 15) is 9.18 Å². The number of nitrogens with one attached hydrogen (secondary N) is 1. The summed E-state index contributed by atoms with van der Waals surface area (Å²) in [5.74, 6) is -0.569. The number of carbonyl (C=O) groups excluding carboxylic acids is 1. The molecule has 2 rings (SSSR count). The number of hydrogen-bond acceptors (Lipinski definition) is 1. The Kier molecular flexibility index (Phi) is 4.71. The lowest BCUT2D eigenvalue weighted by molar-refractivity contribution is 0.0950. The highest BCUT2D eigenvalue weighted by Gasteiger charge is 2.07. The van der Waals surface area contributed by atoms with Gasteiger partial charge in [0.2, 0.25) is 0 Å². The van der Waals surface area contributed by atoms with Gasteiger partial charge in [-0.3, -0.25) is 4.79 Å². The van der Waals surface area contributed by atoms with Gasteiger partial charge in [0.05, 0.1) is 0 Å². The molecule has 1 N–H and O–H groups in total. The predicted molar refractivity (Wildman–Crippen MR) is 79.4 cm³/mol. The number of halogens is 3. The Morgan fingerprint density at radius 2 is 1.68 bits per heavy atom. The number of amides is 1. The molecule has 0 heterocycles. The first kappa shape index (κ1) is 14.2. The van der Waals surface area contributed by atoms with Crippen molar-refractivity contribution in [2.24, 2.45) is 0 Å². The van der Waals surface area contributed by atoms with Crippen LogP contribution >= 0.6 is 31.9 Å². The van der Waals surface area contributed by atoms with Crippen LogP contribution in [0.25, 0.3) is 0 Å². The van der Waals surface area contributed by atoms with E-state index < -0.39 is 0 Å². The largest absolute Gasteiger partial charge is 0.348 e. The molecule has 1 amide bonds. The van der Waals surface area contributed by atoms with Gasteiger partial charge in [-0.15, -0.1) is 0 Å². The zero-order chi connectivity index (χ0) is 13.8. The highest BCUT2D eigenvalue weighted by molar-refractivity contribution is 9.10. The third-order valence-corrected chi connectivity index (χ3v) is 3.58. The molecular formula is C14H10Br2FNO. The maximum atomic E-state index is 13.6. The summed E-state index contributed by atoms with van der Waals surface area (Å²) < 4.78 is 15.1. The first-order valence-electron chi connectivity index (χ1n) is 5.54. The van der Waals surface area contributed by atoms with Crippen molar-refractivity contribution in [1.82, 2.24) is 5.32 Å². The Balaban J connectivity index is 2.02. The van der Waals surface area contributed by atoms with Crippen LogP contribution in [0.4, 0.5) is 4.39 Å². The SMILES string of the molecule is O=C(NCc1ccc(Br)cc1F)c1ccc(Br)cc1. The average molecular weight is 387 g/mol. The third-order valence-electron chi connectivity index (χ3n) is 2.56. The zero-order valence-corrected chi connectivity index (χ0v) is 13.0. The molecule has 2 nitrogen and oxygen atoms in total. The van der Waals surface area contributed by atoms with E-state index in [2.05, 4.69) is 37.2 Å². The van der Waals surface area contributed by atoms with E-state index in [4.69, 9.17) is 0 Å². The smallest absolute Gasteiger partial charge is 0.251 e. The molecule has 0 aromatic heterocycles. The van der Waals surface area contributed by atoms with E-state index in [1.54, 1.807) is 36.4 Å². The highest BCUT2D eigenvalue weighted by Crippen LogP contribution is 2.15. The van der Waals surface area contributed by atoms with E-state index in [-0.39, 0.29) is 18.3 Å². The second kappa shape index (κ2) is 6.30. The van der Waals surface area contributed by atoms with Crippen LogP contribution in [0.2, 0.25) is 0 Å². The van der Waals surface area contributed by atoms with Gasteiger partial charge < -0.3 is 5.32 Å². The molecule has 98 valence electrons. The summed E-state index contributed by atoms with van der Waals surface area (Å²) in [4.78, 5) is 11.8. The van der Waals surface area contributed by atoms with Gasteiger partial charge in [0, 0.05) is 26.6 Å².